The molecule has 1 radical (unpaired) electrons. The average Bonchev–Trinajstić information content (AvgIpc) is 3.03. The maximum absolute atomic E-state index is 7.43. The van der Waals surface area contributed by atoms with E-state index in [1.54, 1.807) is 4.57 Å². The Morgan fingerprint density at radius 3 is 2.62 bits per heavy atom. The van der Waals surface area contributed by atoms with Gasteiger partial charge < -0.3 is 14.5 Å². The van der Waals surface area contributed by atoms with Crippen molar-refractivity contribution in [2.45, 2.75) is 34.2 Å². The van der Waals surface area contributed by atoms with Gasteiger partial charge in [0.05, 0.1) is 12.9 Å². The minimum absolute atomic E-state index is 0. The smallest absolute Gasteiger partial charge is 0.106 e. The van der Waals surface area contributed by atoms with Crippen molar-refractivity contribution in [3.8, 4) is 12.3 Å². The molecule has 0 spiro atoms. The molecule has 0 fully saturated rings. The zero-order valence-corrected chi connectivity index (χ0v) is 17.2. The third-order valence-corrected chi connectivity index (χ3v) is 3.89. The molecule has 3 aromatic rings. The van der Waals surface area contributed by atoms with Crippen molar-refractivity contribution in [3.63, 3.8) is 0 Å². The zero-order chi connectivity index (χ0) is 17.0. The van der Waals surface area contributed by atoms with E-state index >= 15 is 0 Å². The SMILES string of the molecule is C#CCn1cnc(=N)c2n[c-][nH]c21.Cc1[c-]cc(C)c(C)c1C.[Y]. The summed E-state index contributed by atoms with van der Waals surface area (Å²) in [6, 6.07) is 5.26. The van der Waals surface area contributed by atoms with Crippen LogP contribution >= 0.6 is 0 Å². The summed E-state index contributed by atoms with van der Waals surface area (Å²) in [5.74, 6) is 2.49. The molecule has 0 atom stereocenters. The molecule has 2 N–H and O–H groups in total. The van der Waals surface area contributed by atoms with E-state index in [-0.39, 0.29) is 38.2 Å². The summed E-state index contributed by atoms with van der Waals surface area (Å²) < 4.78 is 1.71. The molecule has 2 aromatic heterocycles. The van der Waals surface area contributed by atoms with Crippen LogP contribution in [0.25, 0.3) is 11.2 Å². The van der Waals surface area contributed by atoms with E-state index in [2.05, 4.69) is 67.0 Å². The van der Waals surface area contributed by atoms with Crippen molar-refractivity contribution in [1.29, 1.82) is 5.41 Å². The van der Waals surface area contributed by atoms with Gasteiger partial charge in [-0.2, -0.15) is 34.4 Å². The number of nitrogens with zero attached hydrogens (tertiary/aromatic N) is 3. The Morgan fingerprint density at radius 1 is 1.29 bits per heavy atom. The second-order valence-corrected chi connectivity index (χ2v) is 5.32. The van der Waals surface area contributed by atoms with Crippen molar-refractivity contribution in [3.05, 3.63) is 52.5 Å². The molecular formula is C18H19N5Y-2. The summed E-state index contributed by atoms with van der Waals surface area (Å²) in [6.07, 6.45) is 9.23. The zero-order valence-electron chi connectivity index (χ0n) is 14.4. The Bertz CT molecular complexity index is 904. The summed E-state index contributed by atoms with van der Waals surface area (Å²) in [4.78, 5) is 10.5. The maximum Gasteiger partial charge on any atom is 0.106 e. The first-order chi connectivity index (χ1) is 11.0. The van der Waals surface area contributed by atoms with Gasteiger partial charge in [0.25, 0.3) is 0 Å². The summed E-state index contributed by atoms with van der Waals surface area (Å²) >= 11 is 0. The van der Waals surface area contributed by atoms with Crippen LogP contribution in [0.2, 0.25) is 0 Å². The van der Waals surface area contributed by atoms with Gasteiger partial charge in [-0.15, -0.1) is 6.42 Å². The topological polar surface area (TPSA) is 70.3 Å². The van der Waals surface area contributed by atoms with E-state index in [1.165, 1.54) is 28.6 Å². The second-order valence-electron chi connectivity index (χ2n) is 5.32. The fourth-order valence-corrected chi connectivity index (χ4v) is 2.10. The van der Waals surface area contributed by atoms with Crippen LogP contribution in [0.15, 0.2) is 12.4 Å². The number of imidazole rings is 1. The van der Waals surface area contributed by atoms with Crippen LogP contribution < -0.4 is 5.49 Å². The number of hydrogen-bond acceptors (Lipinski definition) is 3. The molecule has 0 amide bonds. The number of aryl methyl sites for hydroxylation is 2. The fourth-order valence-electron chi connectivity index (χ4n) is 2.10. The Balaban J connectivity index is 0.000000238. The normalized spacial score (nSPS) is 9.62. The van der Waals surface area contributed by atoms with Gasteiger partial charge in [0, 0.05) is 32.7 Å². The first-order valence-corrected chi connectivity index (χ1v) is 7.20. The van der Waals surface area contributed by atoms with Crippen LogP contribution in [0, 0.1) is 57.8 Å². The van der Waals surface area contributed by atoms with Crippen LogP contribution in [0.1, 0.15) is 22.3 Å². The number of benzene rings is 1. The summed E-state index contributed by atoms with van der Waals surface area (Å²) in [6.45, 7) is 8.93. The van der Waals surface area contributed by atoms with Gasteiger partial charge in [-0.1, -0.05) is 33.6 Å². The number of H-pyrrole nitrogens is 1. The quantitative estimate of drug-likeness (QED) is 0.492. The first kappa shape index (κ1) is 20.3. The Labute approximate surface area is 167 Å². The molecule has 0 bridgehead atoms. The predicted molar refractivity (Wildman–Crippen MR) is 89.6 cm³/mol. The maximum atomic E-state index is 7.43. The molecule has 0 unspecified atom stereocenters. The summed E-state index contributed by atoms with van der Waals surface area (Å²) in [5, 5.41) is 7.43. The van der Waals surface area contributed by atoms with Crippen LogP contribution in [-0.4, -0.2) is 19.5 Å². The Morgan fingerprint density at radius 2 is 2.00 bits per heavy atom. The van der Waals surface area contributed by atoms with E-state index in [1.807, 2.05) is 0 Å². The van der Waals surface area contributed by atoms with E-state index in [9.17, 15) is 0 Å². The molecule has 5 nitrogen and oxygen atoms in total. The number of hydrogen-bond donors (Lipinski definition) is 2. The summed E-state index contributed by atoms with van der Waals surface area (Å²) in [7, 11) is 0. The Hall–Kier alpha value is -1.77. The third kappa shape index (κ3) is 4.40. The molecule has 0 aliphatic heterocycles. The molecule has 3 rings (SSSR count). The number of aromatic amines is 1. The molecular weight excluding hydrogens is 375 g/mol. The van der Waals surface area contributed by atoms with Gasteiger partial charge >= 0.3 is 0 Å². The van der Waals surface area contributed by atoms with E-state index in [0.29, 0.717) is 17.7 Å². The fraction of sp³-hybridized carbons (Fsp3) is 0.278. The largest absolute Gasteiger partial charge is 0.447 e. The summed E-state index contributed by atoms with van der Waals surface area (Å²) in [5.41, 5.74) is 6.67. The Kier molecular flexibility index (Phi) is 7.53. The van der Waals surface area contributed by atoms with Crippen molar-refractivity contribution < 1.29 is 32.7 Å². The van der Waals surface area contributed by atoms with Gasteiger partial charge in [-0.3, -0.25) is 5.41 Å². The van der Waals surface area contributed by atoms with Crippen molar-refractivity contribution in [2.24, 2.45) is 0 Å². The second kappa shape index (κ2) is 8.91. The number of aromatic nitrogens is 4. The third-order valence-electron chi connectivity index (χ3n) is 3.89. The molecule has 0 saturated heterocycles. The average molecular weight is 394 g/mol. The van der Waals surface area contributed by atoms with Crippen molar-refractivity contribution in [2.75, 3.05) is 0 Å². The van der Waals surface area contributed by atoms with Crippen LogP contribution in [0.3, 0.4) is 0 Å². The number of terminal acetylenes is 1. The predicted octanol–water partition coefficient (Wildman–Crippen LogP) is 2.39. The molecule has 0 aliphatic carbocycles. The molecule has 121 valence electrons. The monoisotopic (exact) mass is 394 g/mol. The van der Waals surface area contributed by atoms with Gasteiger partial charge in [-0.05, 0) is 17.5 Å². The van der Waals surface area contributed by atoms with Crippen LogP contribution in [-0.2, 0) is 39.3 Å². The molecule has 0 saturated carbocycles. The molecule has 1 aromatic carbocycles. The minimum atomic E-state index is 0. The van der Waals surface area contributed by atoms with Gasteiger partial charge in [0.2, 0.25) is 0 Å². The molecule has 6 heteroatoms. The van der Waals surface area contributed by atoms with Crippen LogP contribution in [0.5, 0.6) is 0 Å². The number of fused-ring (bicyclic) bond motifs is 1. The van der Waals surface area contributed by atoms with Gasteiger partial charge in [0.15, 0.2) is 0 Å². The molecule has 24 heavy (non-hydrogen) atoms. The van der Waals surface area contributed by atoms with E-state index < -0.39 is 0 Å². The first-order valence-electron chi connectivity index (χ1n) is 7.20. The number of nitrogens with one attached hydrogen (secondary N) is 2. The molecule has 2 heterocycles. The van der Waals surface area contributed by atoms with Gasteiger partial charge in [0.1, 0.15) is 5.49 Å². The van der Waals surface area contributed by atoms with Crippen LogP contribution in [0.4, 0.5) is 0 Å². The van der Waals surface area contributed by atoms with Gasteiger partial charge in [-0.25, -0.2) is 4.98 Å². The van der Waals surface area contributed by atoms with E-state index in [0.717, 1.165) is 0 Å². The van der Waals surface area contributed by atoms with E-state index in [4.69, 9.17) is 11.8 Å². The standard InChI is InChI=1S/C10H13.C8H6N5.Y/c1-7-5-6-8(2)10(4)9(7)3;1-2-3-13-5-12-7(9)6-8(13)11-4-10-6;/h5H,1-4H3;1,5,9H,3H2,(H,10,11);/q2*-1;. The molecule has 0 aliphatic rings. The van der Waals surface area contributed by atoms with Crippen molar-refractivity contribution in [1.82, 2.24) is 19.5 Å². The van der Waals surface area contributed by atoms with Crippen molar-refractivity contribution >= 4 is 11.2 Å². The number of rotatable bonds is 1. The minimum Gasteiger partial charge on any atom is -0.447 e.